The van der Waals surface area contributed by atoms with E-state index in [1.807, 2.05) is 17.0 Å². The minimum absolute atomic E-state index is 0.0996. The summed E-state index contributed by atoms with van der Waals surface area (Å²) in [6, 6.07) is 10.4. The minimum Gasteiger partial charge on any atom is -0.325 e. The number of benzene rings is 1. The molecule has 0 saturated carbocycles. The van der Waals surface area contributed by atoms with Crippen LogP contribution in [0.3, 0.4) is 0 Å². The second kappa shape index (κ2) is 9.13. The van der Waals surface area contributed by atoms with Gasteiger partial charge >= 0.3 is 0 Å². The fourth-order valence-electron chi connectivity index (χ4n) is 3.85. The molecule has 2 saturated heterocycles. The molecule has 1 N–H and O–H groups in total. The van der Waals surface area contributed by atoms with Crippen LogP contribution in [-0.4, -0.2) is 73.7 Å². The van der Waals surface area contributed by atoms with Gasteiger partial charge in [-0.3, -0.25) is 19.5 Å². The van der Waals surface area contributed by atoms with Gasteiger partial charge in [0.15, 0.2) is 0 Å². The van der Waals surface area contributed by atoms with Crippen LogP contribution in [0.4, 0.5) is 11.4 Å². The number of carbonyl (C=O) groups is 2. The second-order valence-electron chi connectivity index (χ2n) is 7.62. The van der Waals surface area contributed by atoms with E-state index in [2.05, 4.69) is 10.3 Å². The number of rotatable bonds is 6. The van der Waals surface area contributed by atoms with Gasteiger partial charge in [-0.1, -0.05) is 6.07 Å². The van der Waals surface area contributed by atoms with Gasteiger partial charge in [0.2, 0.25) is 21.8 Å². The summed E-state index contributed by atoms with van der Waals surface area (Å²) >= 11 is 0. The van der Waals surface area contributed by atoms with Crippen molar-refractivity contribution in [1.82, 2.24) is 14.2 Å². The number of nitrogens with zero attached hydrogens (tertiary/aromatic N) is 4. The standard InChI is InChI=1S/C21H25N5O4S/c27-20(23-17-4-1-5-18(14-17)26-9-3-7-21(26)28)16-24-10-12-25(13-11-24)31(29,30)19-6-2-8-22-15-19/h1-2,4-6,8,14-15H,3,7,9-13,16H2,(H,23,27). The highest BCUT2D eigenvalue weighted by Gasteiger charge is 2.29. The summed E-state index contributed by atoms with van der Waals surface area (Å²) in [6.45, 7) is 2.44. The molecule has 4 rings (SSSR count). The summed E-state index contributed by atoms with van der Waals surface area (Å²) in [5.41, 5.74) is 1.43. The first kappa shape index (κ1) is 21.4. The Morgan fingerprint density at radius 2 is 1.87 bits per heavy atom. The number of nitrogens with one attached hydrogen (secondary N) is 1. The van der Waals surface area contributed by atoms with E-state index in [1.165, 1.54) is 22.8 Å². The number of amides is 2. The lowest BCUT2D eigenvalue weighted by Crippen LogP contribution is -2.50. The smallest absolute Gasteiger partial charge is 0.244 e. The molecule has 0 spiro atoms. The third-order valence-electron chi connectivity index (χ3n) is 5.49. The number of hydrogen-bond acceptors (Lipinski definition) is 6. The van der Waals surface area contributed by atoms with E-state index >= 15 is 0 Å². The Hall–Kier alpha value is -2.82. The van der Waals surface area contributed by atoms with E-state index in [-0.39, 0.29) is 23.3 Å². The van der Waals surface area contributed by atoms with E-state index in [0.29, 0.717) is 44.8 Å². The van der Waals surface area contributed by atoms with Gasteiger partial charge in [-0.15, -0.1) is 0 Å². The number of anilines is 2. The molecule has 1 aromatic heterocycles. The van der Waals surface area contributed by atoms with Gasteiger partial charge in [-0.25, -0.2) is 8.42 Å². The van der Waals surface area contributed by atoms with Crippen molar-refractivity contribution >= 4 is 33.2 Å². The largest absolute Gasteiger partial charge is 0.325 e. The normalized spacial score (nSPS) is 18.3. The molecule has 2 amide bonds. The number of aromatic nitrogens is 1. The molecule has 3 heterocycles. The molecule has 2 fully saturated rings. The monoisotopic (exact) mass is 443 g/mol. The second-order valence-corrected chi connectivity index (χ2v) is 9.55. The molecule has 2 aromatic rings. The topological polar surface area (TPSA) is 103 Å². The Morgan fingerprint density at radius 3 is 2.55 bits per heavy atom. The number of pyridine rings is 1. The maximum atomic E-state index is 12.7. The molecule has 31 heavy (non-hydrogen) atoms. The predicted molar refractivity (Wildman–Crippen MR) is 116 cm³/mol. The van der Waals surface area contributed by atoms with E-state index in [4.69, 9.17) is 0 Å². The van der Waals surface area contributed by atoms with Crippen molar-refractivity contribution in [2.45, 2.75) is 17.7 Å². The van der Waals surface area contributed by atoms with Crippen molar-refractivity contribution in [3.05, 3.63) is 48.8 Å². The van der Waals surface area contributed by atoms with Crippen LogP contribution in [0.25, 0.3) is 0 Å². The lowest BCUT2D eigenvalue weighted by atomic mass is 10.2. The number of hydrogen-bond donors (Lipinski definition) is 1. The highest BCUT2D eigenvalue weighted by Crippen LogP contribution is 2.24. The highest BCUT2D eigenvalue weighted by atomic mass is 32.2. The van der Waals surface area contributed by atoms with E-state index in [0.717, 1.165) is 12.1 Å². The summed E-state index contributed by atoms with van der Waals surface area (Å²) in [7, 11) is -3.57. The maximum absolute atomic E-state index is 12.7. The van der Waals surface area contributed by atoms with Crippen LogP contribution in [0.5, 0.6) is 0 Å². The molecule has 10 heteroatoms. The minimum atomic E-state index is -3.57. The molecule has 2 aliphatic rings. The van der Waals surface area contributed by atoms with Crippen molar-refractivity contribution in [1.29, 1.82) is 0 Å². The Bertz CT molecular complexity index is 1050. The van der Waals surface area contributed by atoms with Crippen LogP contribution in [0.15, 0.2) is 53.7 Å². The molecule has 9 nitrogen and oxygen atoms in total. The third kappa shape index (κ3) is 4.92. The molecular formula is C21H25N5O4S. The van der Waals surface area contributed by atoms with Crippen LogP contribution in [0.1, 0.15) is 12.8 Å². The Labute approximate surface area is 181 Å². The molecule has 164 valence electrons. The van der Waals surface area contributed by atoms with Crippen molar-refractivity contribution in [2.75, 3.05) is 49.5 Å². The van der Waals surface area contributed by atoms with Gasteiger partial charge in [-0.2, -0.15) is 4.31 Å². The van der Waals surface area contributed by atoms with Gasteiger partial charge < -0.3 is 10.2 Å². The Morgan fingerprint density at radius 1 is 1.06 bits per heavy atom. The summed E-state index contributed by atoms with van der Waals surface area (Å²) in [5, 5.41) is 2.88. The summed E-state index contributed by atoms with van der Waals surface area (Å²) in [4.78, 5) is 32.2. The van der Waals surface area contributed by atoms with Crippen molar-refractivity contribution in [3.63, 3.8) is 0 Å². The van der Waals surface area contributed by atoms with Crippen LogP contribution >= 0.6 is 0 Å². The zero-order valence-corrected chi connectivity index (χ0v) is 17.9. The zero-order chi connectivity index (χ0) is 21.8. The van der Waals surface area contributed by atoms with E-state index < -0.39 is 10.0 Å². The Balaban J connectivity index is 1.30. The predicted octanol–water partition coefficient (Wildman–Crippen LogP) is 1.15. The number of carbonyl (C=O) groups excluding carboxylic acids is 2. The summed E-state index contributed by atoms with van der Waals surface area (Å²) in [6.07, 6.45) is 4.28. The van der Waals surface area contributed by atoms with Gasteiger partial charge in [0.25, 0.3) is 0 Å². The molecule has 0 atom stereocenters. The lowest BCUT2D eigenvalue weighted by molar-refractivity contribution is -0.118. The molecule has 0 bridgehead atoms. The van der Waals surface area contributed by atoms with Crippen LogP contribution < -0.4 is 10.2 Å². The first-order chi connectivity index (χ1) is 14.9. The molecule has 1 aromatic carbocycles. The molecular weight excluding hydrogens is 418 g/mol. The third-order valence-corrected chi connectivity index (χ3v) is 7.37. The average Bonchev–Trinajstić information content (AvgIpc) is 3.21. The molecule has 0 radical (unpaired) electrons. The quantitative estimate of drug-likeness (QED) is 0.719. The summed E-state index contributed by atoms with van der Waals surface area (Å²) in [5.74, 6) is -0.0731. The van der Waals surface area contributed by atoms with Crippen LogP contribution in [0, 0.1) is 0 Å². The van der Waals surface area contributed by atoms with Gasteiger partial charge in [0.05, 0.1) is 6.54 Å². The zero-order valence-electron chi connectivity index (χ0n) is 17.1. The summed E-state index contributed by atoms with van der Waals surface area (Å²) < 4.78 is 26.8. The molecule has 0 unspecified atom stereocenters. The van der Waals surface area contributed by atoms with Gasteiger partial charge in [0, 0.05) is 62.9 Å². The fourth-order valence-corrected chi connectivity index (χ4v) is 5.24. The molecule has 0 aliphatic carbocycles. The first-order valence-electron chi connectivity index (χ1n) is 10.3. The first-order valence-corrected chi connectivity index (χ1v) is 11.7. The number of piperazine rings is 1. The number of sulfonamides is 1. The van der Waals surface area contributed by atoms with Crippen molar-refractivity contribution < 1.29 is 18.0 Å². The van der Waals surface area contributed by atoms with Crippen LogP contribution in [0.2, 0.25) is 0 Å². The lowest BCUT2D eigenvalue weighted by Gasteiger charge is -2.33. The SMILES string of the molecule is O=C(CN1CCN(S(=O)(=O)c2cccnc2)CC1)Nc1cccc(N2CCCC2=O)c1. The highest BCUT2D eigenvalue weighted by molar-refractivity contribution is 7.89. The fraction of sp³-hybridized carbons (Fsp3) is 0.381. The molecule has 2 aliphatic heterocycles. The van der Waals surface area contributed by atoms with Crippen molar-refractivity contribution in [2.24, 2.45) is 0 Å². The maximum Gasteiger partial charge on any atom is 0.244 e. The van der Waals surface area contributed by atoms with Crippen molar-refractivity contribution in [3.8, 4) is 0 Å². The van der Waals surface area contributed by atoms with E-state index in [9.17, 15) is 18.0 Å². The van der Waals surface area contributed by atoms with Gasteiger partial charge in [0.1, 0.15) is 4.90 Å². The average molecular weight is 444 g/mol. The van der Waals surface area contributed by atoms with Gasteiger partial charge in [-0.05, 0) is 36.8 Å². The van der Waals surface area contributed by atoms with E-state index in [1.54, 1.807) is 23.1 Å². The Kier molecular flexibility index (Phi) is 6.30. The van der Waals surface area contributed by atoms with Crippen LogP contribution in [-0.2, 0) is 19.6 Å².